The van der Waals surface area contributed by atoms with Crippen molar-refractivity contribution in [3.63, 3.8) is 0 Å². The van der Waals surface area contributed by atoms with Crippen molar-refractivity contribution in [3.05, 3.63) is 29.8 Å². The molecule has 0 N–H and O–H groups in total. The largest absolute Gasteiger partial charge is 0.424 e. The molecule has 0 spiro atoms. The molecule has 3 aliphatic rings. The van der Waals surface area contributed by atoms with E-state index in [9.17, 15) is 4.79 Å². The van der Waals surface area contributed by atoms with Gasteiger partial charge in [-0.15, -0.1) is 0 Å². The van der Waals surface area contributed by atoms with E-state index in [1.165, 1.54) is 0 Å². The Labute approximate surface area is 128 Å². The maximum absolute atomic E-state index is 12.1. The molecular weight excluding hydrogens is 284 g/mol. The first-order valence-corrected chi connectivity index (χ1v) is 7.61. The minimum Gasteiger partial charge on any atom is -0.424 e. The SMILES string of the molecule is O=C1Oc2ccccc2C2C1N=NN2CCN1CCOCC1. The first-order chi connectivity index (χ1) is 10.8. The summed E-state index contributed by atoms with van der Waals surface area (Å²) in [5.41, 5.74) is 0.985. The summed E-state index contributed by atoms with van der Waals surface area (Å²) in [7, 11) is 0. The summed E-state index contributed by atoms with van der Waals surface area (Å²) in [5, 5.41) is 10.2. The van der Waals surface area contributed by atoms with E-state index >= 15 is 0 Å². The van der Waals surface area contributed by atoms with E-state index in [-0.39, 0.29) is 12.0 Å². The summed E-state index contributed by atoms with van der Waals surface area (Å²) < 4.78 is 10.7. The summed E-state index contributed by atoms with van der Waals surface area (Å²) in [6, 6.07) is 6.94. The van der Waals surface area contributed by atoms with Crippen molar-refractivity contribution in [2.45, 2.75) is 12.1 Å². The van der Waals surface area contributed by atoms with Crippen LogP contribution in [0, 0.1) is 0 Å². The van der Waals surface area contributed by atoms with Gasteiger partial charge in [-0.1, -0.05) is 23.4 Å². The molecule has 4 rings (SSSR count). The lowest BCUT2D eigenvalue weighted by atomic mass is 9.96. The summed E-state index contributed by atoms with van der Waals surface area (Å²) in [4.78, 5) is 14.4. The summed E-state index contributed by atoms with van der Waals surface area (Å²) >= 11 is 0. The van der Waals surface area contributed by atoms with Crippen LogP contribution in [0.1, 0.15) is 11.6 Å². The number of benzene rings is 1. The summed E-state index contributed by atoms with van der Waals surface area (Å²) in [6.45, 7) is 5.08. The molecule has 116 valence electrons. The standard InChI is InChI=1S/C15H18N4O3/c20-15-13-14(11-3-1-2-4-12(11)22-15)19(17-16-13)6-5-18-7-9-21-10-8-18/h1-4,13-14H,5-10H2. The second-order valence-electron chi connectivity index (χ2n) is 5.67. The molecule has 0 aromatic heterocycles. The third-order valence-electron chi connectivity index (χ3n) is 4.35. The summed E-state index contributed by atoms with van der Waals surface area (Å²) in [6.07, 6.45) is 0. The Morgan fingerprint density at radius 2 is 2.00 bits per heavy atom. The second kappa shape index (κ2) is 5.66. The molecule has 1 aromatic rings. The molecule has 0 amide bonds. The molecule has 3 heterocycles. The third kappa shape index (κ3) is 2.36. The fraction of sp³-hybridized carbons (Fsp3) is 0.533. The van der Waals surface area contributed by atoms with Crippen LogP contribution in [0.25, 0.3) is 0 Å². The van der Waals surface area contributed by atoms with E-state index in [4.69, 9.17) is 9.47 Å². The molecule has 0 bridgehead atoms. The van der Waals surface area contributed by atoms with E-state index in [2.05, 4.69) is 15.2 Å². The fourth-order valence-electron chi connectivity index (χ4n) is 3.15. The molecule has 7 nitrogen and oxygen atoms in total. The first kappa shape index (κ1) is 13.7. The smallest absolute Gasteiger partial charge is 0.340 e. The number of para-hydroxylation sites is 1. The van der Waals surface area contributed by atoms with E-state index in [0.29, 0.717) is 5.75 Å². The summed E-state index contributed by atoms with van der Waals surface area (Å²) in [5.74, 6) is 0.304. The Morgan fingerprint density at radius 1 is 1.18 bits per heavy atom. The Balaban J connectivity index is 1.50. The highest BCUT2D eigenvalue weighted by Gasteiger charge is 2.45. The van der Waals surface area contributed by atoms with E-state index in [1.54, 1.807) is 0 Å². The first-order valence-electron chi connectivity index (χ1n) is 7.61. The lowest BCUT2D eigenvalue weighted by molar-refractivity contribution is -0.138. The molecule has 1 fully saturated rings. The van der Waals surface area contributed by atoms with Crippen molar-refractivity contribution in [3.8, 4) is 5.75 Å². The quantitative estimate of drug-likeness (QED) is 0.616. The minimum atomic E-state index is -0.542. The molecule has 1 aromatic carbocycles. The molecule has 2 unspecified atom stereocenters. The number of morpholine rings is 1. The van der Waals surface area contributed by atoms with Crippen LogP contribution >= 0.6 is 0 Å². The monoisotopic (exact) mass is 302 g/mol. The van der Waals surface area contributed by atoms with Crippen LogP contribution in [0.2, 0.25) is 0 Å². The van der Waals surface area contributed by atoms with Gasteiger partial charge in [0.2, 0.25) is 0 Å². The maximum atomic E-state index is 12.1. The zero-order valence-corrected chi connectivity index (χ0v) is 12.2. The predicted molar refractivity (Wildman–Crippen MR) is 77.4 cm³/mol. The highest BCUT2D eigenvalue weighted by Crippen LogP contribution is 2.41. The van der Waals surface area contributed by atoms with Crippen LogP contribution in [0.5, 0.6) is 5.75 Å². The number of fused-ring (bicyclic) bond motifs is 3. The van der Waals surface area contributed by atoms with Gasteiger partial charge < -0.3 is 9.47 Å². The zero-order chi connectivity index (χ0) is 14.9. The highest BCUT2D eigenvalue weighted by atomic mass is 16.5. The van der Waals surface area contributed by atoms with Gasteiger partial charge in [0, 0.05) is 25.2 Å². The number of rotatable bonds is 3. The van der Waals surface area contributed by atoms with Crippen LogP contribution in [0.4, 0.5) is 0 Å². The van der Waals surface area contributed by atoms with Gasteiger partial charge in [-0.3, -0.25) is 9.91 Å². The topological polar surface area (TPSA) is 66.7 Å². The van der Waals surface area contributed by atoms with Crippen molar-refractivity contribution in [2.24, 2.45) is 10.3 Å². The predicted octanol–water partition coefficient (Wildman–Crippen LogP) is 1.03. The van der Waals surface area contributed by atoms with Gasteiger partial charge in [0.05, 0.1) is 19.8 Å². The van der Waals surface area contributed by atoms with E-state index in [0.717, 1.165) is 45.0 Å². The molecule has 0 radical (unpaired) electrons. The molecule has 2 atom stereocenters. The van der Waals surface area contributed by atoms with Gasteiger partial charge in [0.25, 0.3) is 0 Å². The van der Waals surface area contributed by atoms with Gasteiger partial charge in [0.1, 0.15) is 11.8 Å². The van der Waals surface area contributed by atoms with Crippen LogP contribution in [0.15, 0.2) is 34.6 Å². The van der Waals surface area contributed by atoms with Crippen molar-refractivity contribution in [1.82, 2.24) is 9.91 Å². The van der Waals surface area contributed by atoms with E-state index < -0.39 is 6.04 Å². The fourth-order valence-corrected chi connectivity index (χ4v) is 3.15. The Hall–Kier alpha value is -1.99. The maximum Gasteiger partial charge on any atom is 0.340 e. The number of carbonyl (C=O) groups is 1. The third-order valence-corrected chi connectivity index (χ3v) is 4.35. The second-order valence-corrected chi connectivity index (χ2v) is 5.67. The molecule has 22 heavy (non-hydrogen) atoms. The van der Waals surface area contributed by atoms with E-state index in [1.807, 2.05) is 29.3 Å². The van der Waals surface area contributed by atoms with Crippen LogP contribution in [0.3, 0.4) is 0 Å². The molecule has 0 saturated carbocycles. The highest BCUT2D eigenvalue weighted by molar-refractivity contribution is 5.82. The van der Waals surface area contributed by atoms with Crippen LogP contribution in [-0.2, 0) is 9.53 Å². The lowest BCUT2D eigenvalue weighted by Gasteiger charge is -2.32. The number of ether oxygens (including phenoxy) is 2. The minimum absolute atomic E-state index is 0.140. The van der Waals surface area contributed by atoms with Crippen molar-refractivity contribution >= 4 is 5.97 Å². The Kier molecular flexibility index (Phi) is 3.51. The number of carbonyl (C=O) groups excluding carboxylic acids is 1. The number of nitrogens with zero attached hydrogens (tertiary/aromatic N) is 4. The Bertz CT molecular complexity index is 600. The normalized spacial score (nSPS) is 27.5. The van der Waals surface area contributed by atoms with Gasteiger partial charge in [-0.25, -0.2) is 4.79 Å². The average Bonchev–Trinajstić information content (AvgIpc) is 2.99. The zero-order valence-electron chi connectivity index (χ0n) is 12.2. The average molecular weight is 302 g/mol. The lowest BCUT2D eigenvalue weighted by Crippen LogP contribution is -2.43. The van der Waals surface area contributed by atoms with Gasteiger partial charge >= 0.3 is 5.97 Å². The van der Waals surface area contributed by atoms with Crippen LogP contribution in [-0.4, -0.2) is 61.3 Å². The molecule has 1 saturated heterocycles. The van der Waals surface area contributed by atoms with Crippen molar-refractivity contribution in [2.75, 3.05) is 39.4 Å². The Morgan fingerprint density at radius 3 is 2.86 bits per heavy atom. The van der Waals surface area contributed by atoms with Crippen molar-refractivity contribution < 1.29 is 14.3 Å². The van der Waals surface area contributed by atoms with Crippen LogP contribution < -0.4 is 4.74 Å². The molecular formula is C15H18N4O3. The van der Waals surface area contributed by atoms with Crippen molar-refractivity contribution in [1.29, 1.82) is 0 Å². The van der Waals surface area contributed by atoms with Gasteiger partial charge in [-0.2, -0.15) is 5.11 Å². The molecule has 7 heteroatoms. The number of esters is 1. The van der Waals surface area contributed by atoms with Gasteiger partial charge in [-0.05, 0) is 6.07 Å². The number of hydrogen-bond acceptors (Lipinski definition) is 7. The van der Waals surface area contributed by atoms with Gasteiger partial charge in [0.15, 0.2) is 6.04 Å². The number of hydrogen-bond donors (Lipinski definition) is 0. The molecule has 3 aliphatic heterocycles. The molecule has 0 aliphatic carbocycles.